The average molecular weight is 361 g/mol. The van der Waals surface area contributed by atoms with E-state index in [0.717, 1.165) is 16.7 Å². The van der Waals surface area contributed by atoms with Crippen molar-refractivity contribution in [1.29, 1.82) is 0 Å². The van der Waals surface area contributed by atoms with Crippen molar-refractivity contribution in [3.05, 3.63) is 107 Å². The summed E-state index contributed by atoms with van der Waals surface area (Å²) in [6, 6.07) is 27.0. The number of hydrogen-bond donors (Lipinski definition) is 1. The molecule has 1 N–H and O–H groups in total. The Kier molecular flexibility index (Phi) is 4.31. The van der Waals surface area contributed by atoms with Gasteiger partial charge in [0, 0.05) is 17.0 Å². The van der Waals surface area contributed by atoms with Crippen LogP contribution in [0.25, 0.3) is 0 Å². The first-order valence-corrected chi connectivity index (χ1v) is 8.82. The number of aliphatic imine (C=N–C) groups is 1. The van der Waals surface area contributed by atoms with Gasteiger partial charge in [-0.25, -0.2) is 4.99 Å². The Balaban J connectivity index is 1.84. The van der Waals surface area contributed by atoms with Crippen LogP contribution in [-0.4, -0.2) is 11.7 Å². The highest BCUT2D eigenvalue weighted by molar-refractivity contribution is 6.30. The minimum atomic E-state index is -1.00. The van der Waals surface area contributed by atoms with Gasteiger partial charge in [-0.15, -0.1) is 0 Å². The van der Waals surface area contributed by atoms with Gasteiger partial charge in [-0.2, -0.15) is 0 Å². The number of carbonyl (C=O) groups is 1. The van der Waals surface area contributed by atoms with E-state index >= 15 is 0 Å². The largest absolute Gasteiger partial charge is 0.308 e. The number of nitrogens with zero attached hydrogens (tertiary/aromatic N) is 1. The Morgan fingerprint density at radius 2 is 1.58 bits per heavy atom. The van der Waals surface area contributed by atoms with Gasteiger partial charge < -0.3 is 5.32 Å². The molecule has 0 radical (unpaired) electrons. The third-order valence-corrected chi connectivity index (χ3v) is 4.79. The van der Waals surface area contributed by atoms with Crippen LogP contribution in [0.1, 0.15) is 16.7 Å². The second-order valence-corrected chi connectivity index (χ2v) is 6.75. The van der Waals surface area contributed by atoms with E-state index in [1.54, 1.807) is 0 Å². The SMILES string of the molecule is O=C1NC(c2ccccc2)=NC1(Cc1cccc(Cl)c1)c1ccccc1. The quantitative estimate of drug-likeness (QED) is 0.738. The van der Waals surface area contributed by atoms with Crippen molar-refractivity contribution in [3.8, 4) is 0 Å². The van der Waals surface area contributed by atoms with E-state index in [2.05, 4.69) is 5.32 Å². The first kappa shape index (κ1) is 16.6. The van der Waals surface area contributed by atoms with Crippen LogP contribution in [0.3, 0.4) is 0 Å². The lowest BCUT2D eigenvalue weighted by atomic mass is 9.84. The van der Waals surface area contributed by atoms with Gasteiger partial charge in [0.15, 0.2) is 5.54 Å². The van der Waals surface area contributed by atoms with Gasteiger partial charge in [0.25, 0.3) is 5.91 Å². The molecule has 4 rings (SSSR count). The zero-order valence-electron chi connectivity index (χ0n) is 14.0. The molecular formula is C22H17ClN2O. The summed E-state index contributed by atoms with van der Waals surface area (Å²) in [6.45, 7) is 0. The van der Waals surface area contributed by atoms with E-state index in [0.29, 0.717) is 17.3 Å². The minimum absolute atomic E-state index is 0.123. The van der Waals surface area contributed by atoms with Crippen molar-refractivity contribution >= 4 is 23.3 Å². The zero-order valence-corrected chi connectivity index (χ0v) is 14.8. The molecule has 1 unspecified atom stereocenters. The van der Waals surface area contributed by atoms with Crippen LogP contribution in [-0.2, 0) is 16.8 Å². The molecule has 0 aromatic heterocycles. The van der Waals surface area contributed by atoms with Crippen LogP contribution >= 0.6 is 11.6 Å². The maximum Gasteiger partial charge on any atom is 0.258 e. The van der Waals surface area contributed by atoms with Crippen LogP contribution in [0.4, 0.5) is 0 Å². The van der Waals surface area contributed by atoms with Gasteiger partial charge in [-0.1, -0.05) is 84.4 Å². The molecule has 1 aliphatic rings. The zero-order chi connectivity index (χ0) is 18.0. The van der Waals surface area contributed by atoms with Crippen molar-refractivity contribution in [3.63, 3.8) is 0 Å². The molecule has 0 saturated heterocycles. The second kappa shape index (κ2) is 6.77. The molecule has 128 valence electrons. The molecule has 1 heterocycles. The number of nitrogens with one attached hydrogen (secondary N) is 1. The Hall–Kier alpha value is -2.91. The van der Waals surface area contributed by atoms with E-state index < -0.39 is 5.54 Å². The Bertz CT molecular complexity index is 970. The van der Waals surface area contributed by atoms with Crippen LogP contribution in [0.15, 0.2) is 89.9 Å². The molecule has 0 aliphatic carbocycles. The molecule has 0 bridgehead atoms. The van der Waals surface area contributed by atoms with Gasteiger partial charge in [0.2, 0.25) is 0 Å². The van der Waals surface area contributed by atoms with Crippen molar-refractivity contribution in [2.24, 2.45) is 4.99 Å². The van der Waals surface area contributed by atoms with E-state index in [9.17, 15) is 4.79 Å². The monoisotopic (exact) mass is 360 g/mol. The van der Waals surface area contributed by atoms with Crippen molar-refractivity contribution < 1.29 is 4.79 Å². The number of hydrogen-bond acceptors (Lipinski definition) is 2. The smallest absolute Gasteiger partial charge is 0.258 e. The van der Waals surface area contributed by atoms with E-state index in [1.807, 2.05) is 84.9 Å². The molecule has 3 aromatic rings. The summed E-state index contributed by atoms with van der Waals surface area (Å²) in [5, 5.41) is 3.62. The van der Waals surface area contributed by atoms with Crippen molar-refractivity contribution in [2.75, 3.05) is 0 Å². The van der Waals surface area contributed by atoms with Gasteiger partial charge in [0.05, 0.1) is 0 Å². The molecule has 1 amide bonds. The van der Waals surface area contributed by atoms with Crippen LogP contribution in [0.2, 0.25) is 5.02 Å². The molecule has 0 fully saturated rings. The predicted octanol–water partition coefficient (Wildman–Crippen LogP) is 4.35. The summed E-state index contributed by atoms with van der Waals surface area (Å²) in [6.07, 6.45) is 0.444. The molecule has 3 aromatic carbocycles. The Labute approximate surface area is 157 Å². The summed E-state index contributed by atoms with van der Waals surface area (Å²) >= 11 is 6.15. The summed E-state index contributed by atoms with van der Waals surface area (Å²) in [5.74, 6) is 0.476. The van der Waals surface area contributed by atoms with Gasteiger partial charge in [-0.3, -0.25) is 4.79 Å². The lowest BCUT2D eigenvalue weighted by molar-refractivity contribution is -0.124. The van der Waals surface area contributed by atoms with E-state index in [4.69, 9.17) is 16.6 Å². The summed E-state index contributed by atoms with van der Waals surface area (Å²) < 4.78 is 0. The first-order valence-electron chi connectivity index (χ1n) is 8.44. The fourth-order valence-electron chi connectivity index (χ4n) is 3.29. The molecule has 0 spiro atoms. The fourth-order valence-corrected chi connectivity index (χ4v) is 3.50. The molecule has 0 saturated carbocycles. The number of halogens is 1. The highest BCUT2D eigenvalue weighted by Crippen LogP contribution is 2.35. The number of rotatable bonds is 4. The molecule has 26 heavy (non-hydrogen) atoms. The number of amides is 1. The summed E-state index contributed by atoms with van der Waals surface area (Å²) in [4.78, 5) is 18.0. The standard InChI is InChI=1S/C22H17ClN2O/c23-19-13-7-8-16(14-19)15-22(18-11-5-2-6-12-18)21(26)24-20(25-22)17-9-3-1-4-10-17/h1-14H,15H2,(H,24,25,26). The predicted molar refractivity (Wildman–Crippen MR) is 104 cm³/mol. The molecule has 3 nitrogen and oxygen atoms in total. The van der Waals surface area contributed by atoms with E-state index in [1.165, 1.54) is 0 Å². The minimum Gasteiger partial charge on any atom is -0.308 e. The van der Waals surface area contributed by atoms with Crippen LogP contribution in [0.5, 0.6) is 0 Å². The summed E-state index contributed by atoms with van der Waals surface area (Å²) in [5.41, 5.74) is 1.72. The van der Waals surface area contributed by atoms with E-state index in [-0.39, 0.29) is 5.91 Å². The molecule has 4 heteroatoms. The molecule has 1 atom stereocenters. The normalized spacial score (nSPS) is 19.1. The second-order valence-electron chi connectivity index (χ2n) is 6.31. The average Bonchev–Trinajstić information content (AvgIpc) is 3.01. The Morgan fingerprint density at radius 3 is 2.27 bits per heavy atom. The third-order valence-electron chi connectivity index (χ3n) is 4.56. The Morgan fingerprint density at radius 1 is 0.885 bits per heavy atom. The molecular weight excluding hydrogens is 344 g/mol. The van der Waals surface area contributed by atoms with Gasteiger partial charge in [-0.05, 0) is 23.3 Å². The number of amidine groups is 1. The highest BCUT2D eigenvalue weighted by atomic mass is 35.5. The lowest BCUT2D eigenvalue weighted by Gasteiger charge is -2.24. The summed E-state index contributed by atoms with van der Waals surface area (Å²) in [7, 11) is 0. The maximum absolute atomic E-state index is 13.1. The van der Waals surface area contributed by atoms with Crippen LogP contribution in [0, 0.1) is 0 Å². The van der Waals surface area contributed by atoms with Crippen molar-refractivity contribution in [2.45, 2.75) is 12.0 Å². The first-order chi connectivity index (χ1) is 12.7. The van der Waals surface area contributed by atoms with Gasteiger partial charge >= 0.3 is 0 Å². The highest BCUT2D eigenvalue weighted by Gasteiger charge is 2.45. The number of carbonyl (C=O) groups excluding carboxylic acids is 1. The van der Waals surface area contributed by atoms with Crippen molar-refractivity contribution in [1.82, 2.24) is 5.32 Å². The maximum atomic E-state index is 13.1. The topological polar surface area (TPSA) is 41.5 Å². The lowest BCUT2D eigenvalue weighted by Crippen LogP contribution is -2.39. The third kappa shape index (κ3) is 3.02. The number of benzene rings is 3. The van der Waals surface area contributed by atoms with Crippen LogP contribution < -0.4 is 5.32 Å². The molecule has 1 aliphatic heterocycles. The van der Waals surface area contributed by atoms with Gasteiger partial charge in [0.1, 0.15) is 5.84 Å². The fraction of sp³-hybridized carbons (Fsp3) is 0.0909.